The summed E-state index contributed by atoms with van der Waals surface area (Å²) in [7, 11) is 0. The third kappa shape index (κ3) is 3.75. The Hall–Kier alpha value is -1.66. The fraction of sp³-hybridized carbons (Fsp3) is 0.375. The van der Waals surface area contributed by atoms with Gasteiger partial charge in [0.2, 0.25) is 0 Å². The number of morpholine rings is 1. The Balaban J connectivity index is 1.77. The molecule has 3 rings (SSSR count). The lowest BCUT2D eigenvalue weighted by Gasteiger charge is -2.31. The molecule has 0 atom stereocenters. The summed E-state index contributed by atoms with van der Waals surface area (Å²) >= 11 is 3.57. The Morgan fingerprint density at radius 3 is 2.82 bits per heavy atom. The molecule has 0 bridgehead atoms. The van der Waals surface area contributed by atoms with Crippen molar-refractivity contribution in [1.29, 1.82) is 0 Å². The normalized spacial score (nSPS) is 14.9. The van der Waals surface area contributed by atoms with E-state index in [2.05, 4.69) is 54.3 Å². The second-order valence-electron chi connectivity index (χ2n) is 5.27. The standard InChI is InChI=1S/C16H19BrN4O/c1-12-8-16(20-11-19-12)18-10-13-2-3-14(17)9-15(13)21-4-6-22-7-5-21/h2-3,8-9,11H,4-7,10H2,1H3,(H,18,19,20). The molecule has 5 nitrogen and oxygen atoms in total. The van der Waals surface area contributed by atoms with Crippen LogP contribution in [-0.2, 0) is 11.3 Å². The van der Waals surface area contributed by atoms with Crippen molar-refractivity contribution in [3.8, 4) is 0 Å². The lowest BCUT2D eigenvalue weighted by molar-refractivity contribution is 0.122. The summed E-state index contributed by atoms with van der Waals surface area (Å²) in [5.74, 6) is 0.850. The van der Waals surface area contributed by atoms with E-state index in [9.17, 15) is 0 Å². The molecule has 1 saturated heterocycles. The maximum absolute atomic E-state index is 5.45. The van der Waals surface area contributed by atoms with Gasteiger partial charge in [-0.1, -0.05) is 22.0 Å². The molecule has 0 amide bonds. The maximum Gasteiger partial charge on any atom is 0.129 e. The Labute approximate surface area is 138 Å². The van der Waals surface area contributed by atoms with Crippen molar-refractivity contribution in [2.45, 2.75) is 13.5 Å². The third-order valence-electron chi connectivity index (χ3n) is 3.66. The van der Waals surface area contributed by atoms with Gasteiger partial charge in [-0.15, -0.1) is 0 Å². The van der Waals surface area contributed by atoms with E-state index in [-0.39, 0.29) is 0 Å². The summed E-state index contributed by atoms with van der Waals surface area (Å²) in [5, 5.41) is 3.38. The van der Waals surface area contributed by atoms with Crippen LogP contribution in [0.2, 0.25) is 0 Å². The molecule has 0 spiro atoms. The lowest BCUT2D eigenvalue weighted by atomic mass is 10.1. The molecule has 1 aliphatic rings. The van der Waals surface area contributed by atoms with Gasteiger partial charge in [0, 0.05) is 41.6 Å². The molecule has 1 fully saturated rings. The van der Waals surface area contributed by atoms with Crippen molar-refractivity contribution in [1.82, 2.24) is 9.97 Å². The molecule has 6 heteroatoms. The highest BCUT2D eigenvalue weighted by Gasteiger charge is 2.15. The minimum absolute atomic E-state index is 0.733. The van der Waals surface area contributed by atoms with Crippen molar-refractivity contribution in [2.24, 2.45) is 0 Å². The summed E-state index contributed by atoms with van der Waals surface area (Å²) in [5.41, 5.74) is 3.46. The molecule has 2 heterocycles. The van der Waals surface area contributed by atoms with Crippen molar-refractivity contribution in [3.05, 3.63) is 46.3 Å². The Morgan fingerprint density at radius 1 is 1.23 bits per heavy atom. The molecule has 1 aromatic heterocycles. The average molecular weight is 363 g/mol. The first-order chi connectivity index (χ1) is 10.7. The van der Waals surface area contributed by atoms with Crippen LogP contribution >= 0.6 is 15.9 Å². The molecule has 2 aromatic rings. The van der Waals surface area contributed by atoms with Crippen LogP contribution in [0.25, 0.3) is 0 Å². The lowest BCUT2D eigenvalue weighted by Crippen LogP contribution is -2.36. The number of rotatable bonds is 4. The number of ether oxygens (including phenoxy) is 1. The van der Waals surface area contributed by atoms with Gasteiger partial charge in [0.25, 0.3) is 0 Å². The predicted octanol–water partition coefficient (Wildman–Crippen LogP) is 3.00. The number of hydrogen-bond acceptors (Lipinski definition) is 5. The van der Waals surface area contributed by atoms with Gasteiger partial charge >= 0.3 is 0 Å². The fourth-order valence-corrected chi connectivity index (χ4v) is 2.87. The average Bonchev–Trinajstić information content (AvgIpc) is 2.54. The van der Waals surface area contributed by atoms with Crippen LogP contribution in [0.15, 0.2) is 35.1 Å². The van der Waals surface area contributed by atoms with Crippen LogP contribution in [0.3, 0.4) is 0 Å². The number of halogens is 1. The van der Waals surface area contributed by atoms with Crippen LogP contribution in [0.4, 0.5) is 11.5 Å². The number of anilines is 2. The zero-order valence-corrected chi connectivity index (χ0v) is 14.1. The number of aromatic nitrogens is 2. The van der Waals surface area contributed by atoms with Crippen LogP contribution < -0.4 is 10.2 Å². The van der Waals surface area contributed by atoms with E-state index < -0.39 is 0 Å². The summed E-state index contributed by atoms with van der Waals surface area (Å²) in [6.07, 6.45) is 1.59. The topological polar surface area (TPSA) is 50.3 Å². The van der Waals surface area contributed by atoms with Crippen LogP contribution in [0, 0.1) is 6.92 Å². The predicted molar refractivity (Wildman–Crippen MR) is 91.3 cm³/mol. The Morgan fingerprint density at radius 2 is 2.05 bits per heavy atom. The fourth-order valence-electron chi connectivity index (χ4n) is 2.52. The number of benzene rings is 1. The minimum atomic E-state index is 0.733. The van der Waals surface area contributed by atoms with Crippen LogP contribution in [0.1, 0.15) is 11.3 Å². The molecular weight excluding hydrogens is 344 g/mol. The first-order valence-electron chi connectivity index (χ1n) is 7.36. The zero-order valence-electron chi connectivity index (χ0n) is 12.6. The van der Waals surface area contributed by atoms with E-state index in [0.29, 0.717) is 0 Å². The van der Waals surface area contributed by atoms with Crippen molar-refractivity contribution >= 4 is 27.4 Å². The van der Waals surface area contributed by atoms with Crippen LogP contribution in [-0.4, -0.2) is 36.3 Å². The van der Waals surface area contributed by atoms with Gasteiger partial charge in [-0.2, -0.15) is 0 Å². The number of nitrogens with zero attached hydrogens (tertiary/aromatic N) is 3. The molecular formula is C16H19BrN4O. The van der Waals surface area contributed by atoms with Gasteiger partial charge < -0.3 is 15.0 Å². The number of hydrogen-bond donors (Lipinski definition) is 1. The van der Waals surface area contributed by atoms with Crippen molar-refractivity contribution in [2.75, 3.05) is 36.5 Å². The number of aryl methyl sites for hydroxylation is 1. The molecule has 1 aliphatic heterocycles. The zero-order chi connectivity index (χ0) is 15.4. The van der Waals surface area contributed by atoms with Gasteiger partial charge in [-0.25, -0.2) is 9.97 Å². The summed E-state index contributed by atoms with van der Waals surface area (Å²) in [6.45, 7) is 6.11. The van der Waals surface area contributed by atoms with E-state index in [1.165, 1.54) is 11.3 Å². The van der Waals surface area contributed by atoms with E-state index in [1.807, 2.05) is 13.0 Å². The second kappa shape index (κ2) is 7.07. The highest BCUT2D eigenvalue weighted by atomic mass is 79.9. The summed E-state index contributed by atoms with van der Waals surface area (Å²) in [6, 6.07) is 8.35. The molecule has 0 radical (unpaired) electrons. The van der Waals surface area contributed by atoms with E-state index in [0.717, 1.165) is 48.8 Å². The van der Waals surface area contributed by atoms with E-state index >= 15 is 0 Å². The molecule has 0 aliphatic carbocycles. The van der Waals surface area contributed by atoms with Gasteiger partial charge in [0.1, 0.15) is 12.1 Å². The molecule has 0 saturated carbocycles. The summed E-state index contributed by atoms with van der Waals surface area (Å²) in [4.78, 5) is 10.7. The minimum Gasteiger partial charge on any atom is -0.378 e. The van der Waals surface area contributed by atoms with E-state index in [1.54, 1.807) is 6.33 Å². The SMILES string of the molecule is Cc1cc(NCc2ccc(Br)cc2N2CCOCC2)ncn1. The molecule has 22 heavy (non-hydrogen) atoms. The van der Waals surface area contributed by atoms with Crippen LogP contribution in [0.5, 0.6) is 0 Å². The Bertz CT molecular complexity index is 644. The molecule has 0 unspecified atom stereocenters. The molecule has 116 valence electrons. The van der Waals surface area contributed by atoms with Gasteiger partial charge in [0.15, 0.2) is 0 Å². The smallest absolute Gasteiger partial charge is 0.129 e. The van der Waals surface area contributed by atoms with Gasteiger partial charge in [-0.05, 0) is 24.6 Å². The highest BCUT2D eigenvalue weighted by Crippen LogP contribution is 2.26. The van der Waals surface area contributed by atoms with Gasteiger partial charge in [-0.3, -0.25) is 0 Å². The molecule has 1 N–H and O–H groups in total. The molecule has 1 aromatic carbocycles. The number of nitrogens with one attached hydrogen (secondary N) is 1. The summed E-state index contributed by atoms with van der Waals surface area (Å²) < 4.78 is 6.54. The van der Waals surface area contributed by atoms with Crippen molar-refractivity contribution in [3.63, 3.8) is 0 Å². The maximum atomic E-state index is 5.45. The largest absolute Gasteiger partial charge is 0.378 e. The van der Waals surface area contributed by atoms with E-state index in [4.69, 9.17) is 4.74 Å². The highest BCUT2D eigenvalue weighted by molar-refractivity contribution is 9.10. The third-order valence-corrected chi connectivity index (χ3v) is 4.16. The first kappa shape index (κ1) is 15.2. The first-order valence-corrected chi connectivity index (χ1v) is 8.15. The monoisotopic (exact) mass is 362 g/mol. The second-order valence-corrected chi connectivity index (χ2v) is 6.19. The van der Waals surface area contributed by atoms with Gasteiger partial charge in [0.05, 0.1) is 13.2 Å². The quantitative estimate of drug-likeness (QED) is 0.905. The van der Waals surface area contributed by atoms with Crippen molar-refractivity contribution < 1.29 is 4.74 Å². The Kier molecular flexibility index (Phi) is 4.90.